The molecule has 2 unspecified atom stereocenters. The van der Waals surface area contributed by atoms with Gasteiger partial charge in [-0.25, -0.2) is 0 Å². The van der Waals surface area contributed by atoms with Gasteiger partial charge in [0.15, 0.2) is 0 Å². The highest BCUT2D eigenvalue weighted by molar-refractivity contribution is 5.55. The first-order valence-corrected chi connectivity index (χ1v) is 5.23. The minimum Gasteiger partial charge on any atom is -0.303 e. The van der Waals surface area contributed by atoms with E-state index in [0.717, 1.165) is 12.7 Å². The standard InChI is InChI=1S/C13H18O/c1-4-12-5-7-13(8-6-12)11(3)10(2)9-14/h5-11H,4H2,1-3H3. The number of carbonyl (C=O) groups is 1. The normalized spacial score (nSPS) is 14.8. The molecule has 0 fully saturated rings. The maximum Gasteiger partial charge on any atom is 0.123 e. The van der Waals surface area contributed by atoms with Crippen LogP contribution in [0.2, 0.25) is 0 Å². The van der Waals surface area contributed by atoms with Crippen LogP contribution in [0.5, 0.6) is 0 Å². The lowest BCUT2D eigenvalue weighted by molar-refractivity contribution is -0.111. The smallest absolute Gasteiger partial charge is 0.123 e. The van der Waals surface area contributed by atoms with Crippen LogP contribution in [0.25, 0.3) is 0 Å². The van der Waals surface area contributed by atoms with E-state index in [1.165, 1.54) is 11.1 Å². The maximum atomic E-state index is 10.6. The van der Waals surface area contributed by atoms with Crippen LogP contribution in [0, 0.1) is 5.92 Å². The lowest BCUT2D eigenvalue weighted by atomic mass is 9.89. The van der Waals surface area contributed by atoms with Gasteiger partial charge in [0.2, 0.25) is 0 Å². The first-order chi connectivity index (χ1) is 6.69. The molecule has 0 aliphatic rings. The molecule has 0 radical (unpaired) electrons. The Labute approximate surface area is 86.1 Å². The number of hydrogen-bond acceptors (Lipinski definition) is 1. The van der Waals surface area contributed by atoms with E-state index in [4.69, 9.17) is 0 Å². The number of benzene rings is 1. The lowest BCUT2D eigenvalue weighted by Gasteiger charge is -2.14. The monoisotopic (exact) mass is 190 g/mol. The van der Waals surface area contributed by atoms with Gasteiger partial charge in [-0.05, 0) is 23.5 Å². The summed E-state index contributed by atoms with van der Waals surface area (Å²) in [7, 11) is 0. The van der Waals surface area contributed by atoms with Crippen molar-refractivity contribution in [3.05, 3.63) is 35.4 Å². The Morgan fingerprint density at radius 3 is 2.21 bits per heavy atom. The molecule has 0 spiro atoms. The van der Waals surface area contributed by atoms with Crippen molar-refractivity contribution in [2.45, 2.75) is 33.1 Å². The van der Waals surface area contributed by atoms with E-state index in [-0.39, 0.29) is 5.92 Å². The molecule has 0 saturated heterocycles. The molecule has 0 amide bonds. The van der Waals surface area contributed by atoms with Crippen molar-refractivity contribution in [1.29, 1.82) is 0 Å². The molecule has 0 aliphatic heterocycles. The summed E-state index contributed by atoms with van der Waals surface area (Å²) in [6.07, 6.45) is 2.09. The van der Waals surface area contributed by atoms with E-state index in [2.05, 4.69) is 38.1 Å². The Balaban J connectivity index is 2.80. The highest BCUT2D eigenvalue weighted by Gasteiger charge is 2.12. The van der Waals surface area contributed by atoms with E-state index in [1.54, 1.807) is 0 Å². The third-order valence-electron chi connectivity index (χ3n) is 2.92. The SMILES string of the molecule is CCc1ccc(C(C)C(C)C=O)cc1. The first kappa shape index (κ1) is 11.0. The second kappa shape index (κ2) is 4.94. The molecule has 1 aromatic carbocycles. The number of hydrogen-bond donors (Lipinski definition) is 0. The molecule has 1 nitrogen and oxygen atoms in total. The van der Waals surface area contributed by atoms with Crippen LogP contribution >= 0.6 is 0 Å². The molecule has 76 valence electrons. The van der Waals surface area contributed by atoms with Crippen LogP contribution < -0.4 is 0 Å². The quantitative estimate of drug-likeness (QED) is 0.666. The molecule has 0 heterocycles. The number of carbonyl (C=O) groups excluding carboxylic acids is 1. The molecule has 2 atom stereocenters. The van der Waals surface area contributed by atoms with Gasteiger partial charge in [0.05, 0.1) is 0 Å². The zero-order chi connectivity index (χ0) is 10.6. The summed E-state index contributed by atoms with van der Waals surface area (Å²) in [6, 6.07) is 8.54. The predicted molar refractivity (Wildman–Crippen MR) is 59.5 cm³/mol. The number of aldehydes is 1. The Bertz CT molecular complexity index is 287. The van der Waals surface area contributed by atoms with Gasteiger partial charge in [0.1, 0.15) is 6.29 Å². The maximum absolute atomic E-state index is 10.6. The first-order valence-electron chi connectivity index (χ1n) is 5.23. The summed E-state index contributed by atoms with van der Waals surface area (Å²) in [5.41, 5.74) is 2.60. The van der Waals surface area contributed by atoms with Gasteiger partial charge in [0, 0.05) is 5.92 Å². The molecule has 0 N–H and O–H groups in total. The fourth-order valence-electron chi connectivity index (χ4n) is 1.48. The lowest BCUT2D eigenvalue weighted by Crippen LogP contribution is -2.07. The average molecular weight is 190 g/mol. The van der Waals surface area contributed by atoms with Crippen molar-refractivity contribution in [3.8, 4) is 0 Å². The molecule has 0 saturated carbocycles. The molecule has 14 heavy (non-hydrogen) atoms. The van der Waals surface area contributed by atoms with Crippen LogP contribution in [0.3, 0.4) is 0 Å². The topological polar surface area (TPSA) is 17.1 Å². The van der Waals surface area contributed by atoms with Gasteiger partial charge in [-0.1, -0.05) is 45.0 Å². The van der Waals surface area contributed by atoms with Crippen LogP contribution in [0.4, 0.5) is 0 Å². The summed E-state index contributed by atoms with van der Waals surface area (Å²) >= 11 is 0. The second-order valence-corrected chi connectivity index (χ2v) is 3.88. The van der Waals surface area contributed by atoms with Crippen LogP contribution in [0.1, 0.15) is 37.8 Å². The molecule has 1 rings (SSSR count). The minimum absolute atomic E-state index is 0.0995. The summed E-state index contributed by atoms with van der Waals surface area (Å²) in [5.74, 6) is 0.417. The van der Waals surface area contributed by atoms with Crippen LogP contribution in [-0.2, 0) is 11.2 Å². The number of aryl methyl sites for hydroxylation is 1. The minimum atomic E-state index is 0.0995. The zero-order valence-corrected chi connectivity index (χ0v) is 9.16. The summed E-state index contributed by atoms with van der Waals surface area (Å²) < 4.78 is 0. The van der Waals surface area contributed by atoms with E-state index in [1.807, 2.05) is 6.92 Å². The third-order valence-corrected chi connectivity index (χ3v) is 2.92. The van der Waals surface area contributed by atoms with Gasteiger partial charge < -0.3 is 4.79 Å². The zero-order valence-electron chi connectivity index (χ0n) is 9.16. The van der Waals surface area contributed by atoms with Crippen molar-refractivity contribution in [3.63, 3.8) is 0 Å². The molecular weight excluding hydrogens is 172 g/mol. The van der Waals surface area contributed by atoms with Gasteiger partial charge >= 0.3 is 0 Å². The third kappa shape index (κ3) is 2.44. The Hall–Kier alpha value is -1.11. The summed E-state index contributed by atoms with van der Waals surface area (Å²) in [5, 5.41) is 0. The molecule has 1 aromatic rings. The molecular formula is C13H18O. The van der Waals surface area contributed by atoms with Crippen molar-refractivity contribution < 1.29 is 4.79 Å². The second-order valence-electron chi connectivity index (χ2n) is 3.88. The molecule has 0 bridgehead atoms. The highest BCUT2D eigenvalue weighted by atomic mass is 16.1. The Kier molecular flexibility index (Phi) is 3.87. The van der Waals surface area contributed by atoms with E-state index in [9.17, 15) is 4.79 Å². The fourth-order valence-corrected chi connectivity index (χ4v) is 1.48. The fraction of sp³-hybridized carbons (Fsp3) is 0.462. The van der Waals surface area contributed by atoms with E-state index in [0.29, 0.717) is 5.92 Å². The van der Waals surface area contributed by atoms with Crippen molar-refractivity contribution in [2.24, 2.45) is 5.92 Å². The molecule has 0 aliphatic carbocycles. The van der Waals surface area contributed by atoms with Crippen molar-refractivity contribution in [2.75, 3.05) is 0 Å². The van der Waals surface area contributed by atoms with Crippen LogP contribution in [0.15, 0.2) is 24.3 Å². The van der Waals surface area contributed by atoms with Gasteiger partial charge in [-0.15, -0.1) is 0 Å². The van der Waals surface area contributed by atoms with Crippen LogP contribution in [-0.4, -0.2) is 6.29 Å². The van der Waals surface area contributed by atoms with Gasteiger partial charge in [0.25, 0.3) is 0 Å². The summed E-state index contributed by atoms with van der Waals surface area (Å²) in [6.45, 7) is 6.21. The Morgan fingerprint density at radius 2 is 1.79 bits per heavy atom. The van der Waals surface area contributed by atoms with Gasteiger partial charge in [-0.3, -0.25) is 0 Å². The highest BCUT2D eigenvalue weighted by Crippen LogP contribution is 2.22. The van der Waals surface area contributed by atoms with Crippen molar-refractivity contribution in [1.82, 2.24) is 0 Å². The van der Waals surface area contributed by atoms with Crippen molar-refractivity contribution >= 4 is 6.29 Å². The number of rotatable bonds is 4. The van der Waals surface area contributed by atoms with E-state index < -0.39 is 0 Å². The molecule has 0 aromatic heterocycles. The average Bonchev–Trinajstić information content (AvgIpc) is 2.27. The van der Waals surface area contributed by atoms with E-state index >= 15 is 0 Å². The predicted octanol–water partition coefficient (Wildman–Crippen LogP) is 3.19. The largest absolute Gasteiger partial charge is 0.303 e. The van der Waals surface area contributed by atoms with Gasteiger partial charge in [-0.2, -0.15) is 0 Å². The molecule has 1 heteroatoms. The summed E-state index contributed by atoms with van der Waals surface area (Å²) in [4.78, 5) is 10.6. The Morgan fingerprint density at radius 1 is 1.21 bits per heavy atom.